The second-order valence-corrected chi connectivity index (χ2v) is 6.84. The quantitative estimate of drug-likeness (QED) is 0.909. The predicted molar refractivity (Wildman–Crippen MR) is 80.5 cm³/mol. The fourth-order valence-corrected chi connectivity index (χ4v) is 2.17. The van der Waals surface area contributed by atoms with E-state index in [0.29, 0.717) is 17.8 Å². The molecule has 106 valence electrons. The van der Waals surface area contributed by atoms with Crippen LogP contribution < -0.4 is 10.6 Å². The Bertz CT molecular complexity index is 472. The Morgan fingerprint density at radius 2 is 1.84 bits per heavy atom. The molecule has 1 unspecified atom stereocenters. The zero-order valence-corrected chi connectivity index (χ0v) is 13.0. The van der Waals surface area contributed by atoms with Gasteiger partial charge in [-0.3, -0.25) is 0 Å². The van der Waals surface area contributed by atoms with Crippen LogP contribution in [0.3, 0.4) is 0 Å². The topological polar surface area (TPSA) is 55.0 Å². The van der Waals surface area contributed by atoms with Crippen molar-refractivity contribution >= 4 is 11.6 Å². The molecule has 19 heavy (non-hydrogen) atoms. The van der Waals surface area contributed by atoms with Gasteiger partial charge < -0.3 is 10.6 Å². The molecule has 0 radical (unpaired) electrons. The van der Waals surface area contributed by atoms with E-state index in [1.165, 1.54) is 12.8 Å². The van der Waals surface area contributed by atoms with E-state index in [1.807, 2.05) is 6.92 Å². The van der Waals surface area contributed by atoms with Gasteiger partial charge in [0, 0.05) is 24.6 Å². The van der Waals surface area contributed by atoms with Gasteiger partial charge in [0.2, 0.25) is 0 Å². The highest BCUT2D eigenvalue weighted by atomic mass is 15.2. The molecule has 2 N–H and O–H groups in total. The third kappa shape index (κ3) is 2.82. The molecule has 4 heteroatoms. The molecule has 1 heterocycles. The van der Waals surface area contributed by atoms with Crippen molar-refractivity contribution in [1.29, 1.82) is 0 Å². The highest BCUT2D eigenvalue weighted by Crippen LogP contribution is 2.40. The zero-order chi connectivity index (χ0) is 14.4. The van der Waals surface area contributed by atoms with Crippen LogP contribution >= 0.6 is 0 Å². The Labute approximate surface area is 116 Å². The number of aromatic nitrogens is 2. The van der Waals surface area contributed by atoms with Crippen LogP contribution in [-0.4, -0.2) is 23.1 Å². The molecule has 0 saturated heterocycles. The van der Waals surface area contributed by atoms with Crippen molar-refractivity contribution in [2.24, 2.45) is 5.41 Å². The van der Waals surface area contributed by atoms with Crippen molar-refractivity contribution in [3.63, 3.8) is 0 Å². The van der Waals surface area contributed by atoms with Crippen LogP contribution in [0.2, 0.25) is 0 Å². The molecule has 4 nitrogen and oxygen atoms in total. The van der Waals surface area contributed by atoms with E-state index < -0.39 is 0 Å². The van der Waals surface area contributed by atoms with Crippen molar-refractivity contribution in [3.8, 4) is 0 Å². The monoisotopic (exact) mass is 262 g/mol. The molecule has 2 rings (SSSR count). The Kier molecular flexibility index (Phi) is 3.45. The van der Waals surface area contributed by atoms with Crippen LogP contribution in [0.1, 0.15) is 57.8 Å². The van der Waals surface area contributed by atoms with Gasteiger partial charge in [0.25, 0.3) is 0 Å². The van der Waals surface area contributed by atoms with E-state index >= 15 is 0 Å². The zero-order valence-electron chi connectivity index (χ0n) is 13.0. The molecule has 1 atom stereocenters. The lowest BCUT2D eigenvalue weighted by Gasteiger charge is -2.37. The number of nitrogens with zero attached hydrogens (tertiary/aromatic N) is 3. The number of hydrogen-bond donors (Lipinski definition) is 1. The summed E-state index contributed by atoms with van der Waals surface area (Å²) in [6, 6.07) is 0.382. The van der Waals surface area contributed by atoms with Gasteiger partial charge in [-0.15, -0.1) is 0 Å². The Morgan fingerprint density at radius 1 is 1.26 bits per heavy atom. The smallest absolute Gasteiger partial charge is 0.137 e. The van der Waals surface area contributed by atoms with Gasteiger partial charge in [-0.1, -0.05) is 20.8 Å². The highest BCUT2D eigenvalue weighted by Gasteiger charge is 2.30. The third-order valence-electron chi connectivity index (χ3n) is 4.29. The lowest BCUT2D eigenvalue weighted by Crippen LogP contribution is -2.40. The summed E-state index contributed by atoms with van der Waals surface area (Å²) in [4.78, 5) is 11.4. The fourth-order valence-electron chi connectivity index (χ4n) is 2.17. The Balaban J connectivity index is 2.37. The first kappa shape index (κ1) is 14.1. The standard InChI is InChI=1S/C15H26N4/c1-9-12(16)17-13(11-7-8-11)18-14(9)19(6)10(2)15(3,4)5/h10-11H,7-8H2,1-6H3,(H2,16,17,18). The number of nitrogens with two attached hydrogens (primary N) is 1. The van der Waals surface area contributed by atoms with E-state index in [2.05, 4.69) is 44.6 Å². The second kappa shape index (κ2) is 4.66. The summed E-state index contributed by atoms with van der Waals surface area (Å²) in [6.45, 7) is 11.0. The Hall–Kier alpha value is -1.32. The summed E-state index contributed by atoms with van der Waals surface area (Å²) < 4.78 is 0. The van der Waals surface area contributed by atoms with Crippen LogP contribution in [0.5, 0.6) is 0 Å². The van der Waals surface area contributed by atoms with Crippen molar-refractivity contribution in [2.45, 2.75) is 59.4 Å². The largest absolute Gasteiger partial charge is 0.383 e. The minimum absolute atomic E-state index is 0.195. The first-order valence-corrected chi connectivity index (χ1v) is 7.08. The van der Waals surface area contributed by atoms with Gasteiger partial charge >= 0.3 is 0 Å². The minimum atomic E-state index is 0.195. The summed E-state index contributed by atoms with van der Waals surface area (Å²) in [5.74, 6) is 3.06. The molecule has 1 aromatic rings. The highest BCUT2D eigenvalue weighted by molar-refractivity contribution is 5.57. The summed E-state index contributed by atoms with van der Waals surface area (Å²) in [5, 5.41) is 0. The molecule has 0 spiro atoms. The van der Waals surface area contributed by atoms with E-state index in [0.717, 1.165) is 17.2 Å². The van der Waals surface area contributed by atoms with Crippen LogP contribution in [0.25, 0.3) is 0 Å². The van der Waals surface area contributed by atoms with Gasteiger partial charge in [-0.2, -0.15) is 0 Å². The number of hydrogen-bond acceptors (Lipinski definition) is 4. The van der Waals surface area contributed by atoms with Gasteiger partial charge in [-0.25, -0.2) is 9.97 Å². The van der Waals surface area contributed by atoms with Crippen molar-refractivity contribution in [3.05, 3.63) is 11.4 Å². The molecule has 1 aliphatic rings. The van der Waals surface area contributed by atoms with E-state index in [9.17, 15) is 0 Å². The van der Waals surface area contributed by atoms with E-state index in [1.54, 1.807) is 0 Å². The second-order valence-electron chi connectivity index (χ2n) is 6.84. The van der Waals surface area contributed by atoms with Crippen LogP contribution in [0.15, 0.2) is 0 Å². The summed E-state index contributed by atoms with van der Waals surface area (Å²) >= 11 is 0. The maximum absolute atomic E-state index is 6.06. The lowest BCUT2D eigenvalue weighted by atomic mass is 9.87. The SMILES string of the molecule is Cc1c(N)nc(C2CC2)nc1N(C)C(C)C(C)(C)C. The molecular weight excluding hydrogens is 236 g/mol. The fraction of sp³-hybridized carbons (Fsp3) is 0.733. The van der Waals surface area contributed by atoms with Crippen molar-refractivity contribution in [1.82, 2.24) is 9.97 Å². The number of rotatable bonds is 3. The molecule has 0 aromatic carbocycles. The summed E-state index contributed by atoms with van der Waals surface area (Å²) in [5.41, 5.74) is 7.24. The molecule has 0 aliphatic heterocycles. The Morgan fingerprint density at radius 3 is 2.32 bits per heavy atom. The minimum Gasteiger partial charge on any atom is -0.383 e. The average molecular weight is 262 g/mol. The van der Waals surface area contributed by atoms with Gasteiger partial charge in [0.15, 0.2) is 0 Å². The molecular formula is C15H26N4. The third-order valence-corrected chi connectivity index (χ3v) is 4.29. The van der Waals surface area contributed by atoms with E-state index in [-0.39, 0.29) is 5.41 Å². The van der Waals surface area contributed by atoms with Crippen molar-refractivity contribution in [2.75, 3.05) is 17.7 Å². The first-order valence-electron chi connectivity index (χ1n) is 7.08. The molecule has 1 aromatic heterocycles. The maximum atomic E-state index is 6.06. The summed E-state index contributed by atoms with van der Waals surface area (Å²) in [6.07, 6.45) is 2.39. The molecule has 1 aliphatic carbocycles. The van der Waals surface area contributed by atoms with Gasteiger partial charge in [-0.05, 0) is 32.1 Å². The number of anilines is 2. The van der Waals surface area contributed by atoms with Gasteiger partial charge in [0.05, 0.1) is 0 Å². The van der Waals surface area contributed by atoms with Crippen molar-refractivity contribution < 1.29 is 0 Å². The molecule has 0 bridgehead atoms. The summed E-state index contributed by atoms with van der Waals surface area (Å²) in [7, 11) is 2.10. The molecule has 0 amide bonds. The van der Waals surface area contributed by atoms with Crippen LogP contribution in [0.4, 0.5) is 11.6 Å². The van der Waals surface area contributed by atoms with E-state index in [4.69, 9.17) is 10.7 Å². The van der Waals surface area contributed by atoms with Gasteiger partial charge in [0.1, 0.15) is 17.5 Å². The van der Waals surface area contributed by atoms with Crippen LogP contribution in [-0.2, 0) is 0 Å². The van der Waals surface area contributed by atoms with Crippen LogP contribution in [0, 0.1) is 12.3 Å². The normalized spacial score (nSPS) is 17.4. The average Bonchev–Trinajstić information content (AvgIpc) is 3.13. The lowest BCUT2D eigenvalue weighted by molar-refractivity contribution is 0.328. The predicted octanol–water partition coefficient (Wildman–Crippen LogP) is 3.12. The molecule has 1 fully saturated rings. The maximum Gasteiger partial charge on any atom is 0.137 e. The first-order chi connectivity index (χ1) is 8.71. The number of nitrogen functional groups attached to an aromatic ring is 1. The molecule has 1 saturated carbocycles.